The summed E-state index contributed by atoms with van der Waals surface area (Å²) in [7, 11) is 0. The maximum Gasteiger partial charge on any atom is 0.513 e. The second-order valence-electron chi connectivity index (χ2n) is 3.62. The van der Waals surface area contributed by atoms with Gasteiger partial charge in [0.2, 0.25) is 0 Å². The van der Waals surface area contributed by atoms with Gasteiger partial charge in [-0.25, -0.2) is 4.79 Å². The Kier molecular flexibility index (Phi) is 5.18. The molecule has 0 atom stereocenters. The first-order valence-corrected chi connectivity index (χ1v) is 4.41. The number of rotatable bonds is 2. The monoisotopic (exact) mass is 226 g/mol. The van der Waals surface area contributed by atoms with Gasteiger partial charge < -0.3 is 9.47 Å². The zero-order valence-corrected chi connectivity index (χ0v) is 9.28. The molecule has 0 rings (SSSR count). The molecule has 0 bridgehead atoms. The van der Waals surface area contributed by atoms with E-state index in [1.807, 2.05) is 20.8 Å². The van der Waals surface area contributed by atoms with Gasteiger partial charge in [-0.3, -0.25) is 0 Å². The van der Waals surface area contributed by atoms with Gasteiger partial charge in [-0.1, -0.05) is 44.0 Å². The molecule has 0 aliphatic carbocycles. The fraction of sp³-hybridized carbons (Fsp3) is 0.625. The molecule has 0 aromatic rings. The van der Waals surface area contributed by atoms with Crippen LogP contribution in [0.4, 0.5) is 4.79 Å². The van der Waals surface area contributed by atoms with E-state index in [1.165, 1.54) is 0 Å². The van der Waals surface area contributed by atoms with Crippen molar-refractivity contribution in [1.82, 2.24) is 0 Å². The maximum atomic E-state index is 10.8. The second kappa shape index (κ2) is 5.35. The van der Waals surface area contributed by atoms with Crippen LogP contribution in [-0.2, 0) is 9.47 Å². The van der Waals surface area contributed by atoms with Crippen molar-refractivity contribution in [2.24, 2.45) is 5.41 Å². The molecule has 0 spiro atoms. The van der Waals surface area contributed by atoms with Crippen molar-refractivity contribution in [1.29, 1.82) is 0 Å². The molecule has 0 heterocycles. The predicted molar refractivity (Wildman–Crippen MR) is 51.7 cm³/mol. The Bertz CT molecular complexity index is 202. The summed E-state index contributed by atoms with van der Waals surface area (Å²) in [4.78, 5) is 10.8. The summed E-state index contributed by atoms with van der Waals surface area (Å²) in [6, 6.07) is 0. The summed E-state index contributed by atoms with van der Waals surface area (Å²) in [6.45, 7) is 6.08. The Morgan fingerprint density at radius 1 is 1.38 bits per heavy atom. The second-order valence-corrected chi connectivity index (χ2v) is 4.63. The third-order valence-corrected chi connectivity index (χ3v) is 1.05. The molecule has 0 unspecified atom stereocenters. The van der Waals surface area contributed by atoms with Gasteiger partial charge in [0.25, 0.3) is 0 Å². The van der Waals surface area contributed by atoms with E-state index in [0.29, 0.717) is 0 Å². The topological polar surface area (TPSA) is 35.5 Å². The summed E-state index contributed by atoms with van der Waals surface area (Å²) in [5.74, 6) is 0. The van der Waals surface area contributed by atoms with Crippen LogP contribution in [0.15, 0.2) is 10.8 Å². The van der Waals surface area contributed by atoms with Crippen LogP contribution in [0.3, 0.4) is 0 Å². The van der Waals surface area contributed by atoms with Crippen molar-refractivity contribution in [3.8, 4) is 0 Å². The SMILES string of the molecule is CC(C)(C)COC(=O)OC=C(Cl)Cl. The Morgan fingerprint density at radius 3 is 2.31 bits per heavy atom. The first kappa shape index (κ1) is 12.6. The van der Waals surface area contributed by atoms with Gasteiger partial charge >= 0.3 is 6.16 Å². The van der Waals surface area contributed by atoms with Crippen LogP contribution in [-0.4, -0.2) is 12.8 Å². The highest BCUT2D eigenvalue weighted by molar-refractivity contribution is 6.55. The highest BCUT2D eigenvalue weighted by Gasteiger charge is 2.13. The van der Waals surface area contributed by atoms with E-state index < -0.39 is 6.16 Å². The van der Waals surface area contributed by atoms with E-state index in [9.17, 15) is 4.79 Å². The molecule has 13 heavy (non-hydrogen) atoms. The van der Waals surface area contributed by atoms with Crippen molar-refractivity contribution in [2.75, 3.05) is 6.61 Å². The lowest BCUT2D eigenvalue weighted by molar-refractivity contribution is 0.0568. The number of hydrogen-bond acceptors (Lipinski definition) is 3. The minimum atomic E-state index is -0.811. The fourth-order valence-corrected chi connectivity index (χ4v) is 0.491. The van der Waals surface area contributed by atoms with Crippen molar-refractivity contribution in [2.45, 2.75) is 20.8 Å². The standard InChI is InChI=1S/C8H12Cl2O3/c1-8(2,3)5-13-7(11)12-4-6(9)10/h4H,5H2,1-3H3. The van der Waals surface area contributed by atoms with Crippen LogP contribution in [0.25, 0.3) is 0 Å². The van der Waals surface area contributed by atoms with Gasteiger partial charge in [0.05, 0.1) is 6.61 Å². The normalized spacial score (nSPS) is 10.5. The quantitative estimate of drug-likeness (QED) is 0.535. The van der Waals surface area contributed by atoms with Gasteiger partial charge in [0.15, 0.2) is 0 Å². The van der Waals surface area contributed by atoms with Gasteiger partial charge in [-0.05, 0) is 5.41 Å². The molecule has 0 amide bonds. The van der Waals surface area contributed by atoms with Crippen molar-refractivity contribution in [3.05, 3.63) is 10.8 Å². The average Bonchev–Trinajstić information content (AvgIpc) is 1.95. The van der Waals surface area contributed by atoms with E-state index in [4.69, 9.17) is 27.9 Å². The summed E-state index contributed by atoms with van der Waals surface area (Å²) in [5, 5.41) is 0. The zero-order chi connectivity index (χ0) is 10.5. The number of halogens is 2. The van der Waals surface area contributed by atoms with Crippen molar-refractivity contribution < 1.29 is 14.3 Å². The van der Waals surface area contributed by atoms with Gasteiger partial charge in [0, 0.05) is 0 Å². The lowest BCUT2D eigenvalue weighted by atomic mass is 9.99. The Hall–Kier alpha value is -0.410. The first-order chi connectivity index (χ1) is 5.81. The van der Waals surface area contributed by atoms with Crippen molar-refractivity contribution in [3.63, 3.8) is 0 Å². The molecular weight excluding hydrogens is 215 g/mol. The smallest absolute Gasteiger partial charge is 0.433 e. The molecule has 0 aromatic carbocycles. The predicted octanol–water partition coefficient (Wildman–Crippen LogP) is 3.46. The van der Waals surface area contributed by atoms with Gasteiger partial charge in [0.1, 0.15) is 10.8 Å². The molecule has 5 heteroatoms. The fourth-order valence-electron chi connectivity index (χ4n) is 0.402. The van der Waals surface area contributed by atoms with E-state index in [2.05, 4.69) is 4.74 Å². The van der Waals surface area contributed by atoms with Crippen LogP contribution in [0, 0.1) is 5.41 Å². The van der Waals surface area contributed by atoms with Gasteiger partial charge in [-0.2, -0.15) is 0 Å². The molecule has 0 aliphatic heterocycles. The molecule has 0 fully saturated rings. The molecule has 3 nitrogen and oxygen atoms in total. The summed E-state index contributed by atoms with van der Waals surface area (Å²) < 4.78 is 9.01. The van der Waals surface area contributed by atoms with Crippen LogP contribution >= 0.6 is 23.2 Å². The van der Waals surface area contributed by atoms with E-state index >= 15 is 0 Å². The first-order valence-electron chi connectivity index (χ1n) is 3.66. The van der Waals surface area contributed by atoms with Gasteiger partial charge in [-0.15, -0.1) is 0 Å². The summed E-state index contributed by atoms with van der Waals surface area (Å²) in [5.41, 5.74) is -0.0898. The number of carbonyl (C=O) groups excluding carboxylic acids is 1. The lowest BCUT2D eigenvalue weighted by Gasteiger charge is -2.16. The number of ether oxygens (including phenoxy) is 2. The van der Waals surface area contributed by atoms with Crippen LogP contribution < -0.4 is 0 Å². The van der Waals surface area contributed by atoms with Crippen LogP contribution in [0.2, 0.25) is 0 Å². The molecule has 0 N–H and O–H groups in total. The number of carbonyl (C=O) groups is 1. The Morgan fingerprint density at radius 2 is 1.92 bits per heavy atom. The number of hydrogen-bond donors (Lipinski definition) is 0. The molecule has 0 radical (unpaired) electrons. The maximum absolute atomic E-state index is 10.8. The molecule has 0 saturated carbocycles. The van der Waals surface area contributed by atoms with Crippen LogP contribution in [0.1, 0.15) is 20.8 Å². The van der Waals surface area contributed by atoms with Crippen molar-refractivity contribution >= 4 is 29.4 Å². The summed E-state index contributed by atoms with van der Waals surface area (Å²) >= 11 is 10.4. The molecule has 0 aliphatic rings. The molecular formula is C8H12Cl2O3. The van der Waals surface area contributed by atoms with E-state index in [0.717, 1.165) is 6.26 Å². The molecule has 0 aromatic heterocycles. The Labute approximate surface area is 87.6 Å². The minimum Gasteiger partial charge on any atom is -0.433 e. The molecule has 76 valence electrons. The van der Waals surface area contributed by atoms with E-state index in [-0.39, 0.29) is 16.5 Å². The average molecular weight is 227 g/mol. The van der Waals surface area contributed by atoms with Crippen LogP contribution in [0.5, 0.6) is 0 Å². The third-order valence-electron chi connectivity index (χ3n) is 0.867. The third kappa shape index (κ3) is 9.50. The highest BCUT2D eigenvalue weighted by Crippen LogP contribution is 2.13. The zero-order valence-electron chi connectivity index (χ0n) is 7.77. The lowest BCUT2D eigenvalue weighted by Crippen LogP contribution is -2.17. The summed E-state index contributed by atoms with van der Waals surface area (Å²) in [6.07, 6.45) is 0.0995. The minimum absolute atomic E-state index is 0.0898. The highest BCUT2D eigenvalue weighted by atomic mass is 35.5. The molecule has 0 saturated heterocycles. The largest absolute Gasteiger partial charge is 0.513 e. The van der Waals surface area contributed by atoms with E-state index in [1.54, 1.807) is 0 Å². The Balaban J connectivity index is 3.71.